The summed E-state index contributed by atoms with van der Waals surface area (Å²) in [4.78, 5) is 13.4. The van der Waals surface area contributed by atoms with E-state index in [1.165, 1.54) is 19.2 Å². The van der Waals surface area contributed by atoms with Crippen molar-refractivity contribution in [3.05, 3.63) is 29.6 Å². The largest absolute Gasteiger partial charge is 0.468 e. The summed E-state index contributed by atoms with van der Waals surface area (Å²) < 4.78 is 17.8. The molecule has 0 aromatic heterocycles. The maximum atomic E-state index is 13.1. The zero-order valence-electron chi connectivity index (χ0n) is 8.66. The van der Waals surface area contributed by atoms with Crippen LogP contribution in [0.5, 0.6) is 0 Å². The fourth-order valence-electron chi connectivity index (χ4n) is 1.97. The van der Waals surface area contributed by atoms with Crippen molar-refractivity contribution in [2.45, 2.75) is 5.92 Å². The summed E-state index contributed by atoms with van der Waals surface area (Å²) in [6, 6.07) is 4.49. The van der Waals surface area contributed by atoms with Crippen LogP contribution in [0.2, 0.25) is 0 Å². The number of ether oxygens (including phenoxy) is 1. The molecule has 3 nitrogen and oxygen atoms in total. The number of halogens is 1. The molecule has 1 aliphatic heterocycles. The lowest BCUT2D eigenvalue weighted by atomic mass is 10.0. The lowest BCUT2D eigenvalue weighted by molar-refractivity contribution is -0.142. The number of methoxy groups -OCH3 is 1. The highest BCUT2D eigenvalue weighted by atomic mass is 19.1. The molecule has 0 aliphatic carbocycles. The van der Waals surface area contributed by atoms with Gasteiger partial charge in [0, 0.05) is 19.3 Å². The van der Waals surface area contributed by atoms with E-state index in [0.717, 1.165) is 5.69 Å². The van der Waals surface area contributed by atoms with Gasteiger partial charge in [-0.1, -0.05) is 0 Å². The van der Waals surface area contributed by atoms with Crippen LogP contribution in [-0.2, 0) is 9.53 Å². The van der Waals surface area contributed by atoms with E-state index in [2.05, 4.69) is 0 Å². The molecule has 0 amide bonds. The second kappa shape index (κ2) is 3.53. The summed E-state index contributed by atoms with van der Waals surface area (Å²) in [6.45, 7) is 0.547. The molecule has 4 heteroatoms. The number of hydrogen-bond acceptors (Lipinski definition) is 3. The van der Waals surface area contributed by atoms with Crippen LogP contribution < -0.4 is 4.90 Å². The minimum absolute atomic E-state index is 0.314. The molecule has 0 N–H and O–H groups in total. The molecule has 1 aromatic carbocycles. The van der Waals surface area contributed by atoms with Gasteiger partial charge in [-0.15, -0.1) is 0 Å². The summed E-state index contributed by atoms with van der Waals surface area (Å²) in [5, 5.41) is 0. The third-order valence-corrected chi connectivity index (χ3v) is 2.72. The first-order valence-electron chi connectivity index (χ1n) is 4.72. The maximum absolute atomic E-state index is 13.1. The summed E-state index contributed by atoms with van der Waals surface area (Å²) in [5.41, 5.74) is 1.61. The van der Waals surface area contributed by atoms with Gasteiger partial charge in [0.2, 0.25) is 0 Å². The second-order valence-corrected chi connectivity index (χ2v) is 3.66. The average Bonchev–Trinajstić information content (AvgIpc) is 2.54. The SMILES string of the molecule is COC(=O)C1CN(C)c2ccc(F)cc21. The molecule has 0 radical (unpaired) electrons. The molecule has 0 saturated carbocycles. The lowest BCUT2D eigenvalue weighted by Gasteiger charge is -2.11. The van der Waals surface area contributed by atoms with Crippen molar-refractivity contribution in [3.8, 4) is 0 Å². The van der Waals surface area contributed by atoms with E-state index in [1.54, 1.807) is 6.07 Å². The van der Waals surface area contributed by atoms with Crippen LogP contribution in [0, 0.1) is 5.82 Å². The van der Waals surface area contributed by atoms with Gasteiger partial charge in [-0.2, -0.15) is 0 Å². The van der Waals surface area contributed by atoms with Crippen molar-refractivity contribution in [2.24, 2.45) is 0 Å². The number of benzene rings is 1. The summed E-state index contributed by atoms with van der Waals surface area (Å²) >= 11 is 0. The number of rotatable bonds is 1. The molecule has 0 saturated heterocycles. The van der Waals surface area contributed by atoms with Crippen molar-refractivity contribution in [3.63, 3.8) is 0 Å². The predicted molar refractivity (Wildman–Crippen MR) is 54.4 cm³/mol. The van der Waals surface area contributed by atoms with E-state index in [-0.39, 0.29) is 17.7 Å². The van der Waals surface area contributed by atoms with E-state index in [0.29, 0.717) is 12.1 Å². The van der Waals surface area contributed by atoms with Crippen molar-refractivity contribution in [1.29, 1.82) is 0 Å². The Labute approximate surface area is 87.5 Å². The number of fused-ring (bicyclic) bond motifs is 1. The molecule has 1 unspecified atom stereocenters. The first-order valence-corrected chi connectivity index (χ1v) is 4.72. The monoisotopic (exact) mass is 209 g/mol. The van der Waals surface area contributed by atoms with Gasteiger partial charge in [0.25, 0.3) is 0 Å². The fourth-order valence-corrected chi connectivity index (χ4v) is 1.97. The number of likely N-dealkylation sites (N-methyl/N-ethyl adjacent to an activating group) is 1. The highest BCUT2D eigenvalue weighted by Crippen LogP contribution is 2.36. The molecular formula is C11H12FNO2. The minimum atomic E-state index is -0.370. The molecule has 0 bridgehead atoms. The van der Waals surface area contributed by atoms with E-state index in [1.807, 2.05) is 11.9 Å². The summed E-state index contributed by atoms with van der Waals surface area (Å²) in [6.07, 6.45) is 0. The van der Waals surface area contributed by atoms with Crippen LogP contribution in [0.25, 0.3) is 0 Å². The van der Waals surface area contributed by atoms with Crippen molar-refractivity contribution < 1.29 is 13.9 Å². The fraction of sp³-hybridized carbons (Fsp3) is 0.364. The smallest absolute Gasteiger partial charge is 0.315 e. The molecule has 0 fully saturated rings. The van der Waals surface area contributed by atoms with Gasteiger partial charge in [0.15, 0.2) is 0 Å². The molecule has 80 valence electrons. The molecule has 0 spiro atoms. The number of carbonyl (C=O) groups excluding carboxylic acids is 1. The molecule has 2 rings (SSSR count). The molecule has 1 aromatic rings. The molecule has 1 atom stereocenters. The van der Waals surface area contributed by atoms with E-state index in [9.17, 15) is 9.18 Å². The van der Waals surface area contributed by atoms with Gasteiger partial charge < -0.3 is 9.64 Å². The first-order chi connectivity index (χ1) is 7.13. The predicted octanol–water partition coefficient (Wildman–Crippen LogP) is 1.53. The number of esters is 1. The molecule has 15 heavy (non-hydrogen) atoms. The Bertz CT molecular complexity index is 406. The Kier molecular flexibility index (Phi) is 2.34. The van der Waals surface area contributed by atoms with Crippen LogP contribution in [0.3, 0.4) is 0 Å². The number of nitrogens with zero attached hydrogens (tertiary/aromatic N) is 1. The van der Waals surface area contributed by atoms with Crippen LogP contribution >= 0.6 is 0 Å². The third-order valence-electron chi connectivity index (χ3n) is 2.72. The second-order valence-electron chi connectivity index (χ2n) is 3.66. The quantitative estimate of drug-likeness (QED) is 0.657. The van der Waals surface area contributed by atoms with Gasteiger partial charge in [-0.25, -0.2) is 4.39 Å². The highest BCUT2D eigenvalue weighted by molar-refractivity contribution is 5.84. The van der Waals surface area contributed by atoms with Gasteiger partial charge in [0.1, 0.15) is 11.7 Å². The topological polar surface area (TPSA) is 29.5 Å². The zero-order chi connectivity index (χ0) is 11.0. The average molecular weight is 209 g/mol. The maximum Gasteiger partial charge on any atom is 0.315 e. The van der Waals surface area contributed by atoms with Crippen molar-refractivity contribution in [2.75, 3.05) is 25.6 Å². The van der Waals surface area contributed by atoms with Gasteiger partial charge >= 0.3 is 5.97 Å². The minimum Gasteiger partial charge on any atom is -0.468 e. The Hall–Kier alpha value is -1.58. The normalized spacial score (nSPS) is 18.9. The number of hydrogen-bond donors (Lipinski definition) is 0. The van der Waals surface area contributed by atoms with Crippen LogP contribution in [0.15, 0.2) is 18.2 Å². The van der Waals surface area contributed by atoms with Crippen molar-refractivity contribution >= 4 is 11.7 Å². The Morgan fingerprint density at radius 2 is 2.33 bits per heavy atom. The molecular weight excluding hydrogens is 197 g/mol. The van der Waals surface area contributed by atoms with Crippen LogP contribution in [0.4, 0.5) is 10.1 Å². The van der Waals surface area contributed by atoms with Crippen LogP contribution in [0.1, 0.15) is 11.5 Å². The molecule has 1 aliphatic rings. The van der Waals surface area contributed by atoms with E-state index >= 15 is 0 Å². The van der Waals surface area contributed by atoms with Crippen molar-refractivity contribution in [1.82, 2.24) is 0 Å². The van der Waals surface area contributed by atoms with Gasteiger partial charge in [0.05, 0.1) is 7.11 Å². The molecule has 1 heterocycles. The third kappa shape index (κ3) is 1.56. The number of carbonyl (C=O) groups is 1. The first kappa shape index (κ1) is 9.96. The van der Waals surface area contributed by atoms with Gasteiger partial charge in [-0.05, 0) is 23.8 Å². The van der Waals surface area contributed by atoms with E-state index in [4.69, 9.17) is 4.74 Å². The Morgan fingerprint density at radius 1 is 1.60 bits per heavy atom. The van der Waals surface area contributed by atoms with Crippen LogP contribution in [-0.4, -0.2) is 26.7 Å². The Morgan fingerprint density at radius 3 is 3.00 bits per heavy atom. The number of anilines is 1. The summed E-state index contributed by atoms with van der Waals surface area (Å²) in [7, 11) is 3.22. The lowest BCUT2D eigenvalue weighted by Crippen LogP contribution is -2.21. The standard InChI is InChI=1S/C11H12FNO2/c1-13-6-9(11(14)15-2)8-5-7(12)3-4-10(8)13/h3-5,9H,6H2,1-2H3. The van der Waals surface area contributed by atoms with Gasteiger partial charge in [-0.3, -0.25) is 4.79 Å². The van der Waals surface area contributed by atoms with E-state index < -0.39 is 0 Å². The Balaban J connectivity index is 2.44. The zero-order valence-corrected chi connectivity index (χ0v) is 8.66. The highest BCUT2D eigenvalue weighted by Gasteiger charge is 2.32. The summed E-state index contributed by atoms with van der Waals surface area (Å²) in [5.74, 6) is -1.00.